The monoisotopic (exact) mass is 1110 g/mol. The number of likely N-dealkylation sites (N-methyl/N-ethyl adjacent to an activating group) is 2. The van der Waals surface area contributed by atoms with Crippen LogP contribution in [0.1, 0.15) is 69.7 Å². The van der Waals surface area contributed by atoms with Crippen LogP contribution in [0.2, 0.25) is 10.0 Å². The summed E-state index contributed by atoms with van der Waals surface area (Å²) in [6, 6.07) is 41.6. The van der Waals surface area contributed by atoms with E-state index in [0.29, 0.717) is 81.4 Å². The fraction of sp³-hybridized carbons (Fsp3) is 0.413. The first-order chi connectivity index (χ1) is 37.9. The number of ether oxygens (including phenoxy) is 1. The number of amides is 5. The maximum absolute atomic E-state index is 14.1. The smallest absolute Gasteiger partial charge is 0.408 e. The van der Waals surface area contributed by atoms with Gasteiger partial charge in [-0.3, -0.25) is 29.0 Å². The number of nitrogens with one attached hydrogen (secondary N) is 3. The molecule has 14 nitrogen and oxygen atoms in total. The maximum Gasteiger partial charge on any atom is 0.408 e. The van der Waals surface area contributed by atoms with Gasteiger partial charge in [0.05, 0.1) is 18.1 Å². The molecule has 2 saturated heterocycles. The normalized spacial score (nSPS) is 17.6. The summed E-state index contributed by atoms with van der Waals surface area (Å²) >= 11 is 12.1. The third kappa shape index (κ3) is 16.5. The molecule has 6 aromatic carbocycles. The van der Waals surface area contributed by atoms with Crippen LogP contribution < -0.4 is 21.7 Å². The molecule has 0 aromatic heterocycles. The van der Waals surface area contributed by atoms with Crippen molar-refractivity contribution in [3.63, 3.8) is 0 Å². The van der Waals surface area contributed by atoms with E-state index < -0.39 is 23.8 Å². The zero-order chi connectivity index (χ0) is 56.8. The second-order valence-electron chi connectivity index (χ2n) is 21.7. The summed E-state index contributed by atoms with van der Waals surface area (Å²) in [6.07, 6.45) is 2.82. The Kier molecular flexibility index (Phi) is 21.3. The van der Waals surface area contributed by atoms with Crippen LogP contribution >= 0.6 is 23.2 Å². The first-order valence-electron chi connectivity index (χ1n) is 27.6. The van der Waals surface area contributed by atoms with Gasteiger partial charge < -0.3 is 36.2 Å². The molecule has 0 aliphatic carbocycles. The van der Waals surface area contributed by atoms with Crippen LogP contribution in [-0.2, 0) is 49.6 Å². The molecule has 6 aromatic rings. The third-order valence-electron chi connectivity index (χ3n) is 15.0. The van der Waals surface area contributed by atoms with E-state index in [2.05, 4.69) is 93.3 Å². The highest BCUT2D eigenvalue weighted by atomic mass is 35.5. The van der Waals surface area contributed by atoms with E-state index in [0.717, 1.165) is 39.4 Å². The number of piperazine rings is 2. The van der Waals surface area contributed by atoms with Crippen LogP contribution in [0.15, 0.2) is 133 Å². The molecular weight excluding hydrogens is 1040 g/mol. The minimum atomic E-state index is -0.816. The van der Waals surface area contributed by atoms with Crippen molar-refractivity contribution in [1.29, 1.82) is 0 Å². The third-order valence-corrected chi connectivity index (χ3v) is 15.5. The zero-order valence-corrected chi connectivity index (χ0v) is 48.2. The predicted octanol–water partition coefficient (Wildman–Crippen LogP) is 8.85. The van der Waals surface area contributed by atoms with Gasteiger partial charge in [0, 0.05) is 81.9 Å². The number of fused-ring (bicyclic) bond motifs is 2. The van der Waals surface area contributed by atoms with E-state index in [9.17, 15) is 24.0 Å². The van der Waals surface area contributed by atoms with Gasteiger partial charge in [0.1, 0.15) is 11.6 Å². The Balaban J connectivity index is 0.000000232. The van der Waals surface area contributed by atoms with E-state index in [-0.39, 0.29) is 47.8 Å². The number of nitrogens with zero attached hydrogens (tertiary/aromatic N) is 4. The molecule has 2 fully saturated rings. The molecule has 5 amide bonds. The standard InChI is InChI=1S/C34H43ClN4O4.C29H35ClN4O2/c1-6-28-22-38(30(31(40)36-5)21-24-11-14-25-9-7-8-10-26(25)19-24)17-18-39(28)32(41)29(37-33(42)43-34(2,3)4)20-23-12-15-27(35)16-13-23;1-3-25-19-33(14-15-34(25)29(36)26(31)17-20-9-12-24(30)13-10-20)27(28(35)32-2)18-21-8-11-22-6-4-5-7-23(22)16-21/h7-16,19,28-30H,6,17-18,20-22H2,1-5H3,(H,36,40)(H,37,42);4-13,16,25-27H,3,14-15,17-19,31H2,1-2H3,(H,32,35)/t28-,29+,30-;25-,26+,27-/m00/s1. The quantitative estimate of drug-likeness (QED) is 0.0697. The molecule has 2 heterocycles. The molecule has 8 rings (SSSR count). The fourth-order valence-corrected chi connectivity index (χ4v) is 11.0. The van der Waals surface area contributed by atoms with Gasteiger partial charge in [0.15, 0.2) is 0 Å². The number of carbonyl (C=O) groups excluding carboxylic acids is 5. The molecule has 16 heteroatoms. The van der Waals surface area contributed by atoms with Gasteiger partial charge in [-0.25, -0.2) is 4.79 Å². The van der Waals surface area contributed by atoms with E-state index in [1.165, 1.54) is 10.8 Å². The van der Waals surface area contributed by atoms with E-state index in [1.807, 2.05) is 77.4 Å². The van der Waals surface area contributed by atoms with Crippen molar-refractivity contribution in [2.24, 2.45) is 5.73 Å². The van der Waals surface area contributed by atoms with Gasteiger partial charge in [-0.1, -0.05) is 146 Å². The van der Waals surface area contributed by atoms with Crippen LogP contribution in [-0.4, -0.2) is 145 Å². The number of benzene rings is 6. The van der Waals surface area contributed by atoms with Gasteiger partial charge in [-0.2, -0.15) is 0 Å². The second kappa shape index (κ2) is 28.0. The van der Waals surface area contributed by atoms with Crippen molar-refractivity contribution in [2.45, 2.75) is 115 Å². The van der Waals surface area contributed by atoms with E-state index in [1.54, 1.807) is 47.0 Å². The largest absolute Gasteiger partial charge is 0.444 e. The molecule has 2 aliphatic rings. The van der Waals surface area contributed by atoms with Crippen molar-refractivity contribution in [3.8, 4) is 0 Å². The van der Waals surface area contributed by atoms with Crippen LogP contribution in [0.5, 0.6) is 0 Å². The van der Waals surface area contributed by atoms with Gasteiger partial charge in [-0.15, -0.1) is 0 Å². The summed E-state index contributed by atoms with van der Waals surface area (Å²) in [7, 11) is 3.35. The van der Waals surface area contributed by atoms with Gasteiger partial charge in [0.2, 0.25) is 23.6 Å². The molecule has 2 aliphatic heterocycles. The van der Waals surface area contributed by atoms with Crippen molar-refractivity contribution >= 4 is 74.5 Å². The molecule has 0 bridgehead atoms. The molecule has 5 N–H and O–H groups in total. The zero-order valence-electron chi connectivity index (χ0n) is 46.7. The fourth-order valence-electron chi connectivity index (χ4n) is 10.8. The summed E-state index contributed by atoms with van der Waals surface area (Å²) in [6.45, 7) is 12.8. The summed E-state index contributed by atoms with van der Waals surface area (Å²) in [5.74, 6) is -0.256. The lowest BCUT2D eigenvalue weighted by molar-refractivity contribution is -0.141. The average molecular weight is 1110 g/mol. The highest BCUT2D eigenvalue weighted by Crippen LogP contribution is 2.25. The van der Waals surface area contributed by atoms with Crippen molar-refractivity contribution in [2.75, 3.05) is 53.4 Å². The summed E-state index contributed by atoms with van der Waals surface area (Å²) in [4.78, 5) is 74.4. The number of carbonyl (C=O) groups is 5. The number of hydrogen-bond donors (Lipinski definition) is 4. The summed E-state index contributed by atoms with van der Waals surface area (Å²) in [5, 5.41) is 14.4. The Morgan fingerprint density at radius 3 is 1.38 bits per heavy atom. The van der Waals surface area contributed by atoms with Crippen molar-refractivity contribution < 1.29 is 28.7 Å². The first-order valence-corrected chi connectivity index (χ1v) is 28.3. The molecular formula is C63H78Cl2N8O6. The number of hydrogen-bond acceptors (Lipinski definition) is 9. The number of alkyl carbamates (subject to hydrolysis) is 1. The highest BCUT2D eigenvalue weighted by molar-refractivity contribution is 6.30. The Bertz CT molecular complexity index is 3030. The molecule has 79 heavy (non-hydrogen) atoms. The van der Waals surface area contributed by atoms with E-state index >= 15 is 0 Å². The Morgan fingerprint density at radius 2 is 0.962 bits per heavy atom. The highest BCUT2D eigenvalue weighted by Gasteiger charge is 2.39. The lowest BCUT2D eigenvalue weighted by Gasteiger charge is -2.44. The lowest BCUT2D eigenvalue weighted by Crippen LogP contribution is -2.63. The topological polar surface area (TPSA) is 170 Å². The Morgan fingerprint density at radius 1 is 0.557 bits per heavy atom. The molecule has 0 spiro atoms. The SMILES string of the molecule is CC[C@H]1CN([C@@H](Cc2ccc3ccccc3c2)C(=O)NC)CCN1C(=O)[C@@H](Cc1ccc(Cl)cc1)NC(=O)OC(C)(C)C.CC[C@H]1CN([C@@H](Cc2ccc3ccccc3c2)C(=O)NC)CCN1C(=O)[C@H](N)Cc1ccc(Cl)cc1. The van der Waals surface area contributed by atoms with Crippen LogP contribution in [0.3, 0.4) is 0 Å². The first kappa shape index (κ1) is 60.1. The number of nitrogens with two attached hydrogens (primary N) is 1. The van der Waals surface area contributed by atoms with Crippen molar-refractivity contribution in [1.82, 2.24) is 35.6 Å². The van der Waals surface area contributed by atoms with Crippen LogP contribution in [0.25, 0.3) is 21.5 Å². The minimum Gasteiger partial charge on any atom is -0.444 e. The Hall–Kier alpha value is -6.55. The van der Waals surface area contributed by atoms with Gasteiger partial charge >= 0.3 is 6.09 Å². The Labute approximate surface area is 476 Å². The number of halogens is 2. The van der Waals surface area contributed by atoms with E-state index in [4.69, 9.17) is 33.7 Å². The maximum atomic E-state index is 14.1. The minimum absolute atomic E-state index is 0.00257. The van der Waals surface area contributed by atoms with Gasteiger partial charge in [-0.05, 0) is 121 Å². The summed E-state index contributed by atoms with van der Waals surface area (Å²) in [5.41, 5.74) is 9.72. The number of rotatable bonds is 17. The predicted molar refractivity (Wildman–Crippen MR) is 317 cm³/mol. The van der Waals surface area contributed by atoms with Crippen molar-refractivity contribution in [3.05, 3.63) is 166 Å². The lowest BCUT2D eigenvalue weighted by atomic mass is 9.97. The van der Waals surface area contributed by atoms with Crippen LogP contribution in [0, 0.1) is 0 Å². The molecule has 0 radical (unpaired) electrons. The molecule has 0 saturated carbocycles. The molecule has 0 unspecified atom stereocenters. The average Bonchev–Trinajstić information content (AvgIpc) is 3.45. The molecule has 420 valence electrons. The summed E-state index contributed by atoms with van der Waals surface area (Å²) < 4.78 is 5.49. The second-order valence-corrected chi connectivity index (χ2v) is 22.5. The molecule has 6 atom stereocenters. The van der Waals surface area contributed by atoms with Crippen LogP contribution in [0.4, 0.5) is 4.79 Å². The van der Waals surface area contributed by atoms with Gasteiger partial charge in [0.25, 0.3) is 0 Å².